The summed E-state index contributed by atoms with van der Waals surface area (Å²) in [6.07, 6.45) is 1.36. The van der Waals surface area contributed by atoms with Crippen molar-refractivity contribution in [2.75, 3.05) is 46.3 Å². The maximum Gasteiger partial charge on any atom is 0.227 e. The van der Waals surface area contributed by atoms with Crippen LogP contribution in [0.2, 0.25) is 0 Å². The third-order valence-corrected chi connectivity index (χ3v) is 6.37. The van der Waals surface area contributed by atoms with E-state index in [9.17, 15) is 13.2 Å². The molecule has 10 nitrogen and oxygen atoms in total. The first kappa shape index (κ1) is 25.6. The summed E-state index contributed by atoms with van der Waals surface area (Å²) in [6, 6.07) is 1.55. The second-order valence-corrected chi connectivity index (χ2v) is 9.24. The van der Waals surface area contributed by atoms with Gasteiger partial charge in [0.25, 0.3) is 0 Å². The Morgan fingerprint density at radius 1 is 1.31 bits per heavy atom. The van der Waals surface area contributed by atoms with Gasteiger partial charge in [-0.1, -0.05) is 5.16 Å². The molecule has 1 aliphatic heterocycles. The summed E-state index contributed by atoms with van der Waals surface area (Å²) in [6.45, 7) is 8.43. The molecule has 0 radical (unpaired) electrons. The number of hydrogen-bond donors (Lipinski definition) is 2. The molecular weight excluding hydrogens is 511 g/mol. The van der Waals surface area contributed by atoms with Crippen molar-refractivity contribution in [3.63, 3.8) is 0 Å². The van der Waals surface area contributed by atoms with Crippen LogP contribution >= 0.6 is 24.0 Å². The molecule has 166 valence electrons. The van der Waals surface area contributed by atoms with Gasteiger partial charge in [0.1, 0.15) is 12.0 Å². The van der Waals surface area contributed by atoms with E-state index < -0.39 is 15.4 Å². The van der Waals surface area contributed by atoms with Crippen LogP contribution in [0.1, 0.15) is 26.5 Å². The second-order valence-electron chi connectivity index (χ2n) is 7.27. The number of nitrogens with zero attached hydrogens (tertiary/aromatic N) is 4. The first-order valence-corrected chi connectivity index (χ1v) is 10.9. The number of carbonyl (C=O) groups is 1. The van der Waals surface area contributed by atoms with Crippen LogP contribution in [-0.2, 0) is 20.6 Å². The molecule has 2 heterocycles. The molecule has 1 aliphatic rings. The molecule has 1 fully saturated rings. The summed E-state index contributed by atoms with van der Waals surface area (Å²) in [7, 11) is -1.84. The van der Waals surface area contributed by atoms with E-state index in [1.165, 1.54) is 10.6 Å². The van der Waals surface area contributed by atoms with Crippen LogP contribution in [0.4, 0.5) is 0 Å². The lowest BCUT2D eigenvalue weighted by Gasteiger charge is -2.36. The van der Waals surface area contributed by atoms with Crippen LogP contribution in [0.25, 0.3) is 0 Å². The van der Waals surface area contributed by atoms with E-state index in [4.69, 9.17) is 4.52 Å². The van der Waals surface area contributed by atoms with Gasteiger partial charge in [0.2, 0.25) is 15.9 Å². The number of hydrogen-bond acceptors (Lipinski definition) is 6. The van der Waals surface area contributed by atoms with Crippen molar-refractivity contribution >= 4 is 45.9 Å². The molecule has 0 spiro atoms. The van der Waals surface area contributed by atoms with Crippen LogP contribution in [-0.4, -0.2) is 81.0 Å². The fourth-order valence-corrected chi connectivity index (χ4v) is 4.30. The van der Waals surface area contributed by atoms with Gasteiger partial charge >= 0.3 is 0 Å². The Bertz CT molecular complexity index is 774. The zero-order valence-electron chi connectivity index (χ0n) is 17.3. The zero-order chi connectivity index (χ0) is 20.8. The molecule has 2 N–H and O–H groups in total. The fraction of sp³-hybridized carbons (Fsp3) is 0.706. The summed E-state index contributed by atoms with van der Waals surface area (Å²) < 4.78 is 31.3. The number of sulfonamides is 1. The Kier molecular flexibility index (Phi) is 9.82. The van der Waals surface area contributed by atoms with Gasteiger partial charge in [-0.15, -0.1) is 24.0 Å². The number of aliphatic imine (C=N–C) groups is 1. The minimum absolute atomic E-state index is 0. The Hall–Kier alpha value is -1.41. The van der Waals surface area contributed by atoms with Gasteiger partial charge in [0.15, 0.2) is 5.96 Å². The van der Waals surface area contributed by atoms with Gasteiger partial charge in [-0.05, 0) is 20.8 Å². The summed E-state index contributed by atoms with van der Waals surface area (Å²) >= 11 is 0. The van der Waals surface area contributed by atoms with Crippen LogP contribution in [0.5, 0.6) is 0 Å². The van der Waals surface area contributed by atoms with Crippen molar-refractivity contribution in [2.45, 2.75) is 26.5 Å². The predicted molar refractivity (Wildman–Crippen MR) is 122 cm³/mol. The van der Waals surface area contributed by atoms with Crippen LogP contribution in [0, 0.1) is 5.41 Å². The third-order valence-electron chi connectivity index (χ3n) is 4.55. The fourth-order valence-electron chi connectivity index (χ4n) is 2.88. The number of rotatable bonds is 7. The lowest BCUT2D eigenvalue weighted by molar-refractivity contribution is -0.128. The number of carbonyl (C=O) groups excluding carboxylic acids is 1. The highest BCUT2D eigenvalue weighted by Gasteiger charge is 2.30. The van der Waals surface area contributed by atoms with Crippen molar-refractivity contribution in [2.24, 2.45) is 10.4 Å². The lowest BCUT2D eigenvalue weighted by Crippen LogP contribution is -2.54. The molecule has 1 amide bonds. The molecule has 0 unspecified atom stereocenters. The minimum atomic E-state index is -3.45. The van der Waals surface area contributed by atoms with E-state index in [1.807, 2.05) is 25.7 Å². The third kappa shape index (κ3) is 7.10. The highest BCUT2D eigenvalue weighted by Crippen LogP contribution is 2.16. The molecule has 0 atom stereocenters. The number of guanidine groups is 1. The molecule has 0 aliphatic carbocycles. The van der Waals surface area contributed by atoms with E-state index in [-0.39, 0.29) is 35.6 Å². The monoisotopic (exact) mass is 542 g/mol. The zero-order valence-corrected chi connectivity index (χ0v) is 20.5. The number of halogens is 1. The Labute approximate surface area is 189 Å². The average molecular weight is 542 g/mol. The standard InChI is InChI=1S/C17H30N6O4S.HI/c1-5-19-16(20-13-17(2,3)15(24)18-4)22-7-9-23(10-8-22)28(25,26)12-14-6-11-27-21-14;/h6,11H,5,7-10,12-13H2,1-4H3,(H,18,24)(H,19,20);1H. The molecule has 1 aromatic heterocycles. The number of amides is 1. The Balaban J connectivity index is 0.00000420. The molecular formula is C17H31IN6O4S. The van der Waals surface area contributed by atoms with Crippen molar-refractivity contribution in [3.05, 3.63) is 18.0 Å². The quantitative estimate of drug-likeness (QED) is 0.292. The second kappa shape index (κ2) is 11.1. The normalized spacial score (nSPS) is 16.3. The summed E-state index contributed by atoms with van der Waals surface area (Å²) in [5.41, 5.74) is -0.230. The van der Waals surface area contributed by atoms with E-state index >= 15 is 0 Å². The molecule has 1 aromatic rings. The molecule has 12 heteroatoms. The first-order chi connectivity index (χ1) is 13.2. The highest BCUT2D eigenvalue weighted by molar-refractivity contribution is 14.0. The van der Waals surface area contributed by atoms with Gasteiger partial charge in [0.05, 0.1) is 17.7 Å². The number of aromatic nitrogens is 1. The number of nitrogens with one attached hydrogen (secondary N) is 2. The van der Waals surface area contributed by atoms with Crippen LogP contribution in [0.3, 0.4) is 0 Å². The highest BCUT2D eigenvalue weighted by atomic mass is 127. The Morgan fingerprint density at radius 2 is 1.97 bits per heavy atom. The van der Waals surface area contributed by atoms with E-state index in [1.54, 1.807) is 13.1 Å². The van der Waals surface area contributed by atoms with Crippen LogP contribution < -0.4 is 10.6 Å². The molecule has 0 saturated carbocycles. The number of piperazine rings is 1. The van der Waals surface area contributed by atoms with Gasteiger partial charge in [-0.3, -0.25) is 9.79 Å². The first-order valence-electron chi connectivity index (χ1n) is 9.32. The van der Waals surface area contributed by atoms with Crippen LogP contribution in [0.15, 0.2) is 21.8 Å². The predicted octanol–water partition coefficient (Wildman–Crippen LogP) is 0.478. The van der Waals surface area contributed by atoms with E-state index in [0.29, 0.717) is 50.9 Å². The maximum atomic E-state index is 12.6. The topological polar surface area (TPSA) is 120 Å². The molecule has 0 bridgehead atoms. The largest absolute Gasteiger partial charge is 0.364 e. The SMILES string of the molecule is CCNC(=NCC(C)(C)C(=O)NC)N1CCN(S(=O)(=O)Cc2ccon2)CC1.I. The van der Waals surface area contributed by atoms with Gasteiger partial charge in [-0.2, -0.15) is 4.31 Å². The molecule has 2 rings (SSSR count). The van der Waals surface area contributed by atoms with Gasteiger partial charge in [-0.25, -0.2) is 8.42 Å². The molecule has 1 saturated heterocycles. The van der Waals surface area contributed by atoms with Crippen molar-refractivity contribution in [1.29, 1.82) is 0 Å². The van der Waals surface area contributed by atoms with Gasteiger partial charge in [0, 0.05) is 45.8 Å². The lowest BCUT2D eigenvalue weighted by atomic mass is 9.93. The van der Waals surface area contributed by atoms with Gasteiger partial charge < -0.3 is 20.1 Å². The maximum absolute atomic E-state index is 12.6. The molecule has 29 heavy (non-hydrogen) atoms. The molecule has 0 aromatic carbocycles. The minimum Gasteiger partial charge on any atom is -0.364 e. The smallest absolute Gasteiger partial charge is 0.227 e. The van der Waals surface area contributed by atoms with Crippen molar-refractivity contribution in [3.8, 4) is 0 Å². The van der Waals surface area contributed by atoms with Crippen molar-refractivity contribution < 1.29 is 17.7 Å². The van der Waals surface area contributed by atoms with E-state index in [0.717, 1.165) is 0 Å². The summed E-state index contributed by atoms with van der Waals surface area (Å²) in [4.78, 5) is 18.6. The summed E-state index contributed by atoms with van der Waals surface area (Å²) in [5.74, 6) is 0.446. The van der Waals surface area contributed by atoms with E-state index in [2.05, 4.69) is 20.8 Å². The summed E-state index contributed by atoms with van der Waals surface area (Å²) in [5, 5.41) is 9.56. The average Bonchev–Trinajstić information content (AvgIpc) is 3.16. The van der Waals surface area contributed by atoms with Crippen molar-refractivity contribution in [1.82, 2.24) is 25.0 Å². The Morgan fingerprint density at radius 3 is 2.48 bits per heavy atom.